The number of aromatic hydroxyl groups is 1. The Morgan fingerprint density at radius 1 is 1.13 bits per heavy atom. The van der Waals surface area contributed by atoms with Gasteiger partial charge in [0.2, 0.25) is 15.9 Å². The second-order valence-corrected chi connectivity index (χ2v) is 12.2. The molecule has 0 radical (unpaired) electrons. The molecule has 0 spiro atoms. The molecule has 1 heterocycles. The molecule has 1 fully saturated rings. The maximum absolute atomic E-state index is 12.5. The second kappa shape index (κ2) is 12.8. The predicted molar refractivity (Wildman–Crippen MR) is 147 cm³/mol. The van der Waals surface area contributed by atoms with E-state index in [1.54, 1.807) is 0 Å². The molecular weight excluding hydrogens is 506 g/mol. The average molecular weight is 546 g/mol. The highest BCUT2D eigenvalue weighted by atomic mass is 32.2. The third-order valence-corrected chi connectivity index (χ3v) is 7.77. The van der Waals surface area contributed by atoms with Gasteiger partial charge in [0.15, 0.2) is 0 Å². The third kappa shape index (κ3) is 8.34. The number of sulfonamides is 1. The number of aryl methyl sites for hydroxylation is 2. The van der Waals surface area contributed by atoms with Crippen molar-refractivity contribution in [2.75, 3.05) is 37.2 Å². The maximum atomic E-state index is 12.5. The smallest absolute Gasteiger partial charge is 0.229 e. The molecule has 4 rings (SSSR count). The molecule has 10 heteroatoms. The van der Waals surface area contributed by atoms with Crippen LogP contribution in [0.2, 0.25) is 0 Å². The number of hydrogen-bond acceptors (Lipinski definition) is 7. The first-order valence-electron chi connectivity index (χ1n) is 13.4. The number of phenolic OH excluding ortho intramolecular Hbond substituents is 1. The molecule has 0 unspecified atom stereocenters. The first-order chi connectivity index (χ1) is 18.2. The Morgan fingerprint density at radius 2 is 1.92 bits per heavy atom. The number of nitrogens with zero attached hydrogens (tertiary/aromatic N) is 1. The van der Waals surface area contributed by atoms with Crippen LogP contribution in [0.25, 0.3) is 0 Å². The monoisotopic (exact) mass is 545 g/mol. The molecule has 0 saturated carbocycles. The number of piperidine rings is 1. The molecule has 0 bridgehead atoms. The average Bonchev–Trinajstić information content (AvgIpc) is 2.90. The summed E-state index contributed by atoms with van der Waals surface area (Å²) in [7, 11) is -3.55. The zero-order valence-electron chi connectivity index (χ0n) is 22.0. The van der Waals surface area contributed by atoms with Gasteiger partial charge in [0.1, 0.15) is 24.2 Å². The number of likely N-dealkylation sites (tertiary alicyclic amines) is 1. The molecule has 1 aliphatic carbocycles. The summed E-state index contributed by atoms with van der Waals surface area (Å²) in [6.07, 6.45) is 7.81. The lowest BCUT2D eigenvalue weighted by Crippen LogP contribution is -2.40. The molecule has 2 aromatic carbocycles. The minimum absolute atomic E-state index is 0.0220. The zero-order valence-corrected chi connectivity index (χ0v) is 22.8. The summed E-state index contributed by atoms with van der Waals surface area (Å²) in [5.74, 6) is 0.388. The van der Waals surface area contributed by atoms with Gasteiger partial charge in [-0.2, -0.15) is 0 Å². The van der Waals surface area contributed by atoms with Gasteiger partial charge in [0, 0.05) is 38.2 Å². The lowest BCUT2D eigenvalue weighted by Gasteiger charge is -2.28. The van der Waals surface area contributed by atoms with Crippen molar-refractivity contribution in [3.63, 3.8) is 0 Å². The fourth-order valence-corrected chi connectivity index (χ4v) is 5.70. The van der Waals surface area contributed by atoms with E-state index in [0.717, 1.165) is 57.9 Å². The Bertz CT molecular complexity index is 1210. The minimum Gasteiger partial charge on any atom is -0.506 e. The number of aliphatic hydroxyl groups excluding tert-OH is 1. The van der Waals surface area contributed by atoms with Crippen molar-refractivity contribution in [3.8, 4) is 11.5 Å². The number of ether oxygens (including phenoxy) is 1. The summed E-state index contributed by atoms with van der Waals surface area (Å²) in [4.78, 5) is 14.5. The van der Waals surface area contributed by atoms with Gasteiger partial charge in [0.05, 0.1) is 11.9 Å². The van der Waals surface area contributed by atoms with E-state index >= 15 is 0 Å². The van der Waals surface area contributed by atoms with Gasteiger partial charge in [-0.3, -0.25) is 9.52 Å². The minimum atomic E-state index is -3.55. The molecule has 1 saturated heterocycles. The molecule has 2 atom stereocenters. The number of aliphatic hydroxyl groups is 1. The second-order valence-electron chi connectivity index (χ2n) is 10.4. The van der Waals surface area contributed by atoms with Crippen LogP contribution in [0.1, 0.15) is 48.8 Å². The topological polar surface area (TPSA) is 128 Å². The van der Waals surface area contributed by atoms with Crippen LogP contribution in [0.5, 0.6) is 11.5 Å². The number of carbonyl (C=O) groups is 1. The Labute approximate surface area is 225 Å². The van der Waals surface area contributed by atoms with Crippen LogP contribution in [-0.4, -0.2) is 74.1 Å². The van der Waals surface area contributed by atoms with Crippen molar-refractivity contribution in [1.82, 2.24) is 10.2 Å². The van der Waals surface area contributed by atoms with E-state index < -0.39 is 16.1 Å². The number of benzene rings is 2. The van der Waals surface area contributed by atoms with Gasteiger partial charge < -0.3 is 25.2 Å². The van der Waals surface area contributed by atoms with Crippen LogP contribution in [0.4, 0.5) is 5.69 Å². The maximum Gasteiger partial charge on any atom is 0.229 e. The highest BCUT2D eigenvalue weighted by Gasteiger charge is 2.21. The van der Waals surface area contributed by atoms with Crippen molar-refractivity contribution in [3.05, 3.63) is 53.1 Å². The van der Waals surface area contributed by atoms with Gasteiger partial charge in [-0.05, 0) is 73.8 Å². The van der Waals surface area contributed by atoms with Gasteiger partial charge >= 0.3 is 0 Å². The van der Waals surface area contributed by atoms with Crippen LogP contribution in [0.15, 0.2) is 36.4 Å². The number of fused-ring (bicyclic) bond motifs is 1. The molecule has 2 aromatic rings. The Hall–Kier alpha value is -2.82. The highest BCUT2D eigenvalue weighted by Crippen LogP contribution is 2.29. The van der Waals surface area contributed by atoms with Gasteiger partial charge in [-0.25, -0.2) is 8.42 Å². The normalized spacial score (nSPS) is 18.5. The summed E-state index contributed by atoms with van der Waals surface area (Å²) >= 11 is 0. The highest BCUT2D eigenvalue weighted by molar-refractivity contribution is 7.92. The van der Waals surface area contributed by atoms with Gasteiger partial charge in [0.25, 0.3) is 0 Å². The Kier molecular flexibility index (Phi) is 9.51. The zero-order chi connectivity index (χ0) is 27.1. The summed E-state index contributed by atoms with van der Waals surface area (Å²) in [5.41, 5.74) is 3.87. The number of anilines is 1. The molecule has 208 valence electrons. The van der Waals surface area contributed by atoms with Crippen molar-refractivity contribution in [2.45, 2.75) is 63.5 Å². The van der Waals surface area contributed by atoms with Crippen molar-refractivity contribution < 1.29 is 28.2 Å². The quantitative estimate of drug-likeness (QED) is 0.320. The summed E-state index contributed by atoms with van der Waals surface area (Å²) in [6, 6.07) is 11.0. The summed E-state index contributed by atoms with van der Waals surface area (Å²) in [6.45, 7) is 2.17. The SMILES string of the molecule is CS(=O)(=O)Nc1cc(OC[C@@H](O)CN[C@H]2CCc3ccc(CCC(=O)N4CCCCC4)cc3C2)ccc1O. The van der Waals surface area contributed by atoms with E-state index in [9.17, 15) is 23.4 Å². The van der Waals surface area contributed by atoms with E-state index in [0.29, 0.717) is 18.7 Å². The molecule has 1 aliphatic heterocycles. The summed E-state index contributed by atoms with van der Waals surface area (Å²) < 4.78 is 30.8. The van der Waals surface area contributed by atoms with Crippen LogP contribution in [0.3, 0.4) is 0 Å². The molecule has 1 amide bonds. The molecule has 0 aromatic heterocycles. The largest absolute Gasteiger partial charge is 0.506 e. The number of amides is 1. The predicted octanol–water partition coefficient (Wildman–Crippen LogP) is 2.60. The van der Waals surface area contributed by atoms with Crippen LogP contribution in [-0.2, 0) is 34.1 Å². The number of nitrogens with one attached hydrogen (secondary N) is 2. The number of carbonyl (C=O) groups excluding carboxylic acids is 1. The first-order valence-corrected chi connectivity index (χ1v) is 15.3. The molecule has 38 heavy (non-hydrogen) atoms. The molecule has 2 aliphatic rings. The standard InChI is InChI=1S/C28H39N3O6S/c1-38(35,36)30-26-17-25(10-11-27(26)33)37-19-24(32)18-29-23-9-8-21-7-5-20(15-22(21)16-23)6-12-28(34)31-13-3-2-4-14-31/h5,7,10-11,15,17,23-24,29-30,32-33H,2-4,6,8-9,12-14,16,18-19H2,1H3/t23-,24-/m0/s1. The van der Waals surface area contributed by atoms with E-state index in [2.05, 4.69) is 28.2 Å². The number of phenols is 1. The van der Waals surface area contributed by atoms with Gasteiger partial charge in [-0.15, -0.1) is 0 Å². The number of rotatable bonds is 11. The van der Waals surface area contributed by atoms with E-state index in [1.165, 1.54) is 41.3 Å². The number of hydrogen-bond donors (Lipinski definition) is 4. The van der Waals surface area contributed by atoms with Crippen LogP contribution < -0.4 is 14.8 Å². The van der Waals surface area contributed by atoms with E-state index in [1.807, 2.05) is 4.90 Å². The molecule has 4 N–H and O–H groups in total. The first kappa shape index (κ1) is 28.2. The van der Waals surface area contributed by atoms with E-state index in [4.69, 9.17) is 4.74 Å². The molecule has 9 nitrogen and oxygen atoms in total. The Morgan fingerprint density at radius 3 is 2.68 bits per heavy atom. The third-order valence-electron chi connectivity index (χ3n) is 7.18. The summed E-state index contributed by atoms with van der Waals surface area (Å²) in [5, 5.41) is 23.7. The van der Waals surface area contributed by atoms with Crippen molar-refractivity contribution in [2.24, 2.45) is 0 Å². The fourth-order valence-electron chi connectivity index (χ4n) is 5.13. The van der Waals surface area contributed by atoms with Gasteiger partial charge in [-0.1, -0.05) is 18.2 Å². The van der Waals surface area contributed by atoms with Crippen molar-refractivity contribution >= 4 is 21.6 Å². The van der Waals surface area contributed by atoms with Crippen LogP contribution >= 0.6 is 0 Å². The Balaban J connectivity index is 1.23. The fraction of sp³-hybridized carbons (Fsp3) is 0.536. The van der Waals surface area contributed by atoms with Crippen molar-refractivity contribution in [1.29, 1.82) is 0 Å². The van der Waals surface area contributed by atoms with E-state index in [-0.39, 0.29) is 30.0 Å². The van der Waals surface area contributed by atoms with Crippen LogP contribution in [0, 0.1) is 0 Å². The lowest BCUT2D eigenvalue weighted by molar-refractivity contribution is -0.132. The lowest BCUT2D eigenvalue weighted by atomic mass is 9.86. The molecular formula is C28H39N3O6S.